The number of morpholine rings is 1. The van der Waals surface area contributed by atoms with Gasteiger partial charge >= 0.3 is 0 Å². The summed E-state index contributed by atoms with van der Waals surface area (Å²) in [6.07, 6.45) is 0. The minimum atomic E-state index is 0.269. The van der Waals surface area contributed by atoms with E-state index in [1.54, 1.807) is 11.3 Å². The maximum atomic E-state index is 5.93. The minimum absolute atomic E-state index is 0.269. The second kappa shape index (κ2) is 4.68. The van der Waals surface area contributed by atoms with Crippen molar-refractivity contribution in [2.45, 2.75) is 19.9 Å². The fourth-order valence-corrected chi connectivity index (χ4v) is 2.88. The van der Waals surface area contributed by atoms with E-state index in [-0.39, 0.29) is 6.04 Å². The molecule has 0 amide bonds. The minimum Gasteiger partial charge on any atom is -0.377 e. The summed E-state index contributed by atoms with van der Waals surface area (Å²) in [6, 6.07) is 0.269. The van der Waals surface area contributed by atoms with E-state index in [1.807, 2.05) is 6.92 Å². The van der Waals surface area contributed by atoms with Gasteiger partial charge in [-0.05, 0) is 13.8 Å². The SMILES string of the molecule is Cc1nc(N2CCOCC2CCl)sc1C. The molecule has 3 nitrogen and oxygen atoms in total. The van der Waals surface area contributed by atoms with E-state index in [0.29, 0.717) is 12.5 Å². The molecule has 0 spiro atoms. The van der Waals surface area contributed by atoms with Crippen LogP contribution in [0.3, 0.4) is 0 Å². The molecule has 2 rings (SSSR count). The Morgan fingerprint density at radius 2 is 2.40 bits per heavy atom. The first-order valence-electron chi connectivity index (χ1n) is 5.06. The molecule has 1 saturated heterocycles. The van der Waals surface area contributed by atoms with E-state index in [4.69, 9.17) is 16.3 Å². The van der Waals surface area contributed by atoms with Crippen molar-refractivity contribution in [1.29, 1.82) is 0 Å². The molecule has 15 heavy (non-hydrogen) atoms. The molecule has 1 aromatic rings. The van der Waals surface area contributed by atoms with Gasteiger partial charge in [-0.3, -0.25) is 0 Å². The molecule has 0 radical (unpaired) electrons. The molecule has 1 unspecified atom stereocenters. The van der Waals surface area contributed by atoms with E-state index in [9.17, 15) is 0 Å². The summed E-state index contributed by atoms with van der Waals surface area (Å²) in [5.74, 6) is 0.595. The van der Waals surface area contributed by atoms with Crippen molar-refractivity contribution in [3.63, 3.8) is 0 Å². The average Bonchev–Trinajstić information content (AvgIpc) is 2.59. The number of anilines is 1. The third-order valence-corrected chi connectivity index (χ3v) is 4.13. The van der Waals surface area contributed by atoms with E-state index in [2.05, 4.69) is 16.8 Å². The summed E-state index contributed by atoms with van der Waals surface area (Å²) < 4.78 is 5.41. The monoisotopic (exact) mass is 246 g/mol. The van der Waals surface area contributed by atoms with Gasteiger partial charge in [0.25, 0.3) is 0 Å². The van der Waals surface area contributed by atoms with Crippen molar-refractivity contribution in [2.75, 3.05) is 30.5 Å². The lowest BCUT2D eigenvalue weighted by Gasteiger charge is -2.34. The number of thiazole rings is 1. The summed E-state index contributed by atoms with van der Waals surface area (Å²) in [4.78, 5) is 8.11. The summed E-state index contributed by atoms with van der Waals surface area (Å²) in [5.41, 5.74) is 1.12. The lowest BCUT2D eigenvalue weighted by atomic mass is 10.3. The summed E-state index contributed by atoms with van der Waals surface area (Å²) in [7, 11) is 0. The van der Waals surface area contributed by atoms with Crippen LogP contribution < -0.4 is 4.90 Å². The molecule has 1 aliphatic rings. The van der Waals surface area contributed by atoms with Crippen LogP contribution in [0.25, 0.3) is 0 Å². The first kappa shape index (κ1) is 11.2. The number of aryl methyl sites for hydroxylation is 2. The molecule has 0 bridgehead atoms. The normalized spacial score (nSPS) is 22.1. The summed E-state index contributed by atoms with van der Waals surface area (Å²) >= 11 is 7.67. The largest absolute Gasteiger partial charge is 0.377 e. The average molecular weight is 247 g/mol. The Bertz CT molecular complexity index is 323. The molecule has 1 atom stereocenters. The van der Waals surface area contributed by atoms with E-state index < -0.39 is 0 Å². The van der Waals surface area contributed by atoms with Gasteiger partial charge in [-0.2, -0.15) is 0 Å². The number of alkyl halides is 1. The van der Waals surface area contributed by atoms with Gasteiger partial charge in [0.05, 0.1) is 24.9 Å². The Balaban J connectivity index is 2.20. The molecule has 5 heteroatoms. The van der Waals surface area contributed by atoms with Crippen molar-refractivity contribution >= 4 is 28.1 Å². The molecule has 0 aromatic carbocycles. The topological polar surface area (TPSA) is 25.4 Å². The fraction of sp³-hybridized carbons (Fsp3) is 0.700. The van der Waals surface area contributed by atoms with Crippen molar-refractivity contribution < 1.29 is 4.74 Å². The molecular weight excluding hydrogens is 232 g/mol. The highest BCUT2D eigenvalue weighted by atomic mass is 35.5. The molecule has 1 aromatic heterocycles. The second-order valence-electron chi connectivity index (χ2n) is 3.71. The van der Waals surface area contributed by atoms with Crippen LogP contribution in [0.1, 0.15) is 10.6 Å². The first-order chi connectivity index (χ1) is 7.22. The third kappa shape index (κ3) is 2.27. The lowest BCUT2D eigenvalue weighted by Crippen LogP contribution is -2.46. The van der Waals surface area contributed by atoms with Crippen molar-refractivity contribution in [3.8, 4) is 0 Å². The van der Waals surface area contributed by atoms with Gasteiger partial charge in [0.15, 0.2) is 5.13 Å². The summed E-state index contributed by atoms with van der Waals surface area (Å²) in [5, 5.41) is 1.08. The van der Waals surface area contributed by atoms with Gasteiger partial charge in [-0.1, -0.05) is 0 Å². The van der Waals surface area contributed by atoms with Crippen LogP contribution in [-0.4, -0.2) is 36.7 Å². The van der Waals surface area contributed by atoms with Crippen LogP contribution in [0.15, 0.2) is 0 Å². The fourth-order valence-electron chi connectivity index (χ4n) is 1.61. The van der Waals surface area contributed by atoms with Crippen molar-refractivity contribution in [2.24, 2.45) is 0 Å². The number of hydrogen-bond acceptors (Lipinski definition) is 4. The van der Waals surface area contributed by atoms with Gasteiger partial charge < -0.3 is 9.64 Å². The highest BCUT2D eigenvalue weighted by molar-refractivity contribution is 7.15. The van der Waals surface area contributed by atoms with Gasteiger partial charge in [0.1, 0.15) is 0 Å². The number of rotatable bonds is 2. The molecule has 0 saturated carbocycles. The number of nitrogens with zero attached hydrogens (tertiary/aromatic N) is 2. The van der Waals surface area contributed by atoms with Crippen LogP contribution in [0.5, 0.6) is 0 Å². The molecule has 84 valence electrons. The predicted molar refractivity (Wildman–Crippen MR) is 64.3 cm³/mol. The van der Waals surface area contributed by atoms with Crippen LogP contribution in [0.4, 0.5) is 5.13 Å². The second-order valence-corrected chi connectivity index (χ2v) is 5.20. The predicted octanol–water partition coefficient (Wildman–Crippen LogP) is 2.20. The number of hydrogen-bond donors (Lipinski definition) is 0. The zero-order chi connectivity index (χ0) is 10.8. The lowest BCUT2D eigenvalue weighted by molar-refractivity contribution is 0.0997. The van der Waals surface area contributed by atoms with Crippen LogP contribution in [0.2, 0.25) is 0 Å². The number of ether oxygens (including phenoxy) is 1. The summed E-state index contributed by atoms with van der Waals surface area (Å²) in [6.45, 7) is 6.52. The molecule has 1 fully saturated rings. The Morgan fingerprint density at radius 3 is 3.00 bits per heavy atom. The van der Waals surface area contributed by atoms with Crippen molar-refractivity contribution in [1.82, 2.24) is 4.98 Å². The maximum Gasteiger partial charge on any atom is 0.186 e. The molecular formula is C10H15ClN2OS. The molecule has 2 heterocycles. The number of halogens is 1. The Kier molecular flexibility index (Phi) is 3.49. The van der Waals surface area contributed by atoms with E-state index >= 15 is 0 Å². The van der Waals surface area contributed by atoms with Gasteiger partial charge in [0.2, 0.25) is 0 Å². The molecule has 1 aliphatic heterocycles. The Morgan fingerprint density at radius 1 is 1.60 bits per heavy atom. The highest BCUT2D eigenvalue weighted by Gasteiger charge is 2.24. The van der Waals surface area contributed by atoms with Crippen LogP contribution >= 0.6 is 22.9 Å². The maximum absolute atomic E-state index is 5.93. The van der Waals surface area contributed by atoms with Crippen LogP contribution in [0, 0.1) is 13.8 Å². The Hall–Kier alpha value is -0.320. The van der Waals surface area contributed by atoms with E-state index in [0.717, 1.165) is 24.0 Å². The van der Waals surface area contributed by atoms with Crippen molar-refractivity contribution in [3.05, 3.63) is 10.6 Å². The highest BCUT2D eigenvalue weighted by Crippen LogP contribution is 2.28. The first-order valence-corrected chi connectivity index (χ1v) is 6.42. The standard InChI is InChI=1S/C10H15ClN2OS/c1-7-8(2)15-10(12-7)13-3-4-14-6-9(13)5-11/h9H,3-6H2,1-2H3. The Labute approximate surface area is 99.0 Å². The molecule has 0 N–H and O–H groups in total. The van der Waals surface area contributed by atoms with Crippen LogP contribution in [-0.2, 0) is 4.74 Å². The zero-order valence-electron chi connectivity index (χ0n) is 8.99. The zero-order valence-corrected chi connectivity index (χ0v) is 10.6. The van der Waals surface area contributed by atoms with Gasteiger partial charge in [-0.25, -0.2) is 4.98 Å². The number of aromatic nitrogens is 1. The third-order valence-electron chi connectivity index (χ3n) is 2.67. The van der Waals surface area contributed by atoms with Gasteiger partial charge in [0, 0.05) is 17.3 Å². The van der Waals surface area contributed by atoms with E-state index in [1.165, 1.54) is 4.88 Å². The quantitative estimate of drug-likeness (QED) is 0.749. The molecule has 0 aliphatic carbocycles. The van der Waals surface area contributed by atoms with Gasteiger partial charge in [-0.15, -0.1) is 22.9 Å². The smallest absolute Gasteiger partial charge is 0.186 e.